The molecule has 90 valence electrons. The number of primary amides is 1. The standard InChI is InChI=1S/C13H16N2OS/c1-9(15-7-6-13(14)16)12-8-10-4-2-3-5-11(10)17-12/h2-5,8-9,15H,6-7H2,1H3,(H2,14,16). The average molecular weight is 248 g/mol. The number of fused-ring (bicyclic) bond motifs is 1. The van der Waals surface area contributed by atoms with Gasteiger partial charge in [-0.25, -0.2) is 0 Å². The van der Waals surface area contributed by atoms with Gasteiger partial charge < -0.3 is 11.1 Å². The van der Waals surface area contributed by atoms with E-state index in [1.807, 2.05) is 12.1 Å². The van der Waals surface area contributed by atoms with Crippen molar-refractivity contribution in [2.75, 3.05) is 6.54 Å². The molecule has 0 spiro atoms. The van der Waals surface area contributed by atoms with E-state index in [4.69, 9.17) is 5.73 Å². The molecule has 0 aliphatic carbocycles. The molecule has 0 radical (unpaired) electrons. The summed E-state index contributed by atoms with van der Waals surface area (Å²) < 4.78 is 1.30. The van der Waals surface area contributed by atoms with Gasteiger partial charge >= 0.3 is 0 Å². The van der Waals surface area contributed by atoms with Gasteiger partial charge in [-0.3, -0.25) is 4.79 Å². The molecule has 0 saturated heterocycles. The Kier molecular flexibility index (Phi) is 3.76. The second kappa shape index (κ2) is 5.29. The lowest BCUT2D eigenvalue weighted by Gasteiger charge is -2.10. The monoisotopic (exact) mass is 248 g/mol. The van der Waals surface area contributed by atoms with Crippen molar-refractivity contribution in [1.82, 2.24) is 5.32 Å². The zero-order chi connectivity index (χ0) is 12.3. The van der Waals surface area contributed by atoms with Crippen molar-refractivity contribution in [2.24, 2.45) is 5.73 Å². The van der Waals surface area contributed by atoms with Crippen LogP contribution < -0.4 is 11.1 Å². The molecule has 2 rings (SSSR count). The van der Waals surface area contributed by atoms with Crippen molar-refractivity contribution in [3.8, 4) is 0 Å². The highest BCUT2D eigenvalue weighted by Crippen LogP contribution is 2.29. The average Bonchev–Trinajstić information content (AvgIpc) is 2.71. The Morgan fingerprint density at radius 2 is 2.24 bits per heavy atom. The Morgan fingerprint density at radius 1 is 1.47 bits per heavy atom. The number of thiophene rings is 1. The van der Waals surface area contributed by atoms with Crippen LogP contribution in [0.1, 0.15) is 24.3 Å². The molecule has 0 saturated carbocycles. The van der Waals surface area contributed by atoms with Crippen LogP contribution in [0, 0.1) is 0 Å². The molecule has 17 heavy (non-hydrogen) atoms. The van der Waals surface area contributed by atoms with Crippen molar-refractivity contribution in [2.45, 2.75) is 19.4 Å². The van der Waals surface area contributed by atoms with Gasteiger partial charge in [0.05, 0.1) is 0 Å². The van der Waals surface area contributed by atoms with Gasteiger partial charge in [0.25, 0.3) is 0 Å². The van der Waals surface area contributed by atoms with Crippen LogP contribution in [0.3, 0.4) is 0 Å². The minimum absolute atomic E-state index is 0.256. The predicted molar refractivity (Wildman–Crippen MR) is 72.1 cm³/mol. The molecule has 4 heteroatoms. The number of hydrogen-bond acceptors (Lipinski definition) is 3. The highest BCUT2D eigenvalue weighted by Gasteiger charge is 2.08. The number of amides is 1. The lowest BCUT2D eigenvalue weighted by Crippen LogP contribution is -2.24. The van der Waals surface area contributed by atoms with Crippen LogP contribution in [0.2, 0.25) is 0 Å². The molecular formula is C13H16N2OS. The maximum atomic E-state index is 10.6. The van der Waals surface area contributed by atoms with Gasteiger partial charge in [-0.1, -0.05) is 18.2 Å². The summed E-state index contributed by atoms with van der Waals surface area (Å²) in [6, 6.07) is 10.8. The molecule has 1 aromatic carbocycles. The molecule has 1 atom stereocenters. The molecule has 1 amide bonds. The summed E-state index contributed by atoms with van der Waals surface area (Å²) in [4.78, 5) is 11.9. The zero-order valence-corrected chi connectivity index (χ0v) is 10.6. The van der Waals surface area contributed by atoms with Gasteiger partial charge in [0.2, 0.25) is 5.91 Å². The topological polar surface area (TPSA) is 55.1 Å². The molecule has 0 aliphatic rings. The van der Waals surface area contributed by atoms with Crippen LogP contribution in [0.25, 0.3) is 10.1 Å². The second-order valence-electron chi connectivity index (χ2n) is 4.08. The summed E-state index contributed by atoms with van der Waals surface area (Å²) in [5, 5.41) is 4.57. The number of carbonyl (C=O) groups is 1. The lowest BCUT2D eigenvalue weighted by atomic mass is 10.2. The smallest absolute Gasteiger partial charge is 0.218 e. The predicted octanol–water partition coefficient (Wildman–Crippen LogP) is 2.43. The number of nitrogens with one attached hydrogen (secondary N) is 1. The van der Waals surface area contributed by atoms with Crippen molar-refractivity contribution < 1.29 is 4.79 Å². The van der Waals surface area contributed by atoms with Crippen molar-refractivity contribution in [1.29, 1.82) is 0 Å². The Labute approximate surface area is 105 Å². The van der Waals surface area contributed by atoms with E-state index in [0.29, 0.717) is 13.0 Å². The molecule has 2 aromatic rings. The second-order valence-corrected chi connectivity index (χ2v) is 5.19. The third-order valence-corrected chi connectivity index (χ3v) is 3.99. The van der Waals surface area contributed by atoms with E-state index in [2.05, 4.69) is 30.4 Å². The summed E-state index contributed by atoms with van der Waals surface area (Å²) in [7, 11) is 0. The van der Waals surface area contributed by atoms with Gasteiger partial charge in [0, 0.05) is 28.6 Å². The Morgan fingerprint density at radius 3 is 2.94 bits per heavy atom. The third-order valence-electron chi connectivity index (χ3n) is 2.69. The first-order chi connectivity index (χ1) is 8.16. The molecular weight excluding hydrogens is 232 g/mol. The minimum atomic E-state index is -0.263. The molecule has 0 aliphatic heterocycles. The summed E-state index contributed by atoms with van der Waals surface area (Å²) in [5.74, 6) is -0.263. The van der Waals surface area contributed by atoms with E-state index in [1.54, 1.807) is 11.3 Å². The van der Waals surface area contributed by atoms with E-state index in [-0.39, 0.29) is 11.9 Å². The Balaban J connectivity index is 2.03. The van der Waals surface area contributed by atoms with E-state index in [0.717, 1.165) is 0 Å². The quantitative estimate of drug-likeness (QED) is 0.854. The van der Waals surface area contributed by atoms with Gasteiger partial charge in [-0.05, 0) is 24.4 Å². The molecule has 0 fully saturated rings. The molecule has 3 nitrogen and oxygen atoms in total. The van der Waals surface area contributed by atoms with Crippen LogP contribution in [-0.4, -0.2) is 12.5 Å². The first kappa shape index (κ1) is 12.1. The maximum Gasteiger partial charge on any atom is 0.218 e. The highest BCUT2D eigenvalue weighted by molar-refractivity contribution is 7.19. The van der Waals surface area contributed by atoms with Crippen molar-refractivity contribution in [3.05, 3.63) is 35.2 Å². The summed E-state index contributed by atoms with van der Waals surface area (Å²) in [6.45, 7) is 2.73. The van der Waals surface area contributed by atoms with Crippen LogP contribution in [0.5, 0.6) is 0 Å². The van der Waals surface area contributed by atoms with E-state index in [1.165, 1.54) is 15.0 Å². The Hall–Kier alpha value is -1.39. The normalized spacial score (nSPS) is 12.8. The summed E-state index contributed by atoms with van der Waals surface area (Å²) in [6.07, 6.45) is 0.384. The zero-order valence-electron chi connectivity index (χ0n) is 9.77. The number of hydrogen-bond donors (Lipinski definition) is 2. The van der Waals surface area contributed by atoms with Crippen LogP contribution in [0.4, 0.5) is 0 Å². The van der Waals surface area contributed by atoms with E-state index >= 15 is 0 Å². The van der Waals surface area contributed by atoms with Crippen LogP contribution in [0.15, 0.2) is 30.3 Å². The van der Waals surface area contributed by atoms with Crippen LogP contribution >= 0.6 is 11.3 Å². The fourth-order valence-corrected chi connectivity index (χ4v) is 2.82. The largest absolute Gasteiger partial charge is 0.370 e. The van der Waals surface area contributed by atoms with Gasteiger partial charge in [-0.2, -0.15) is 0 Å². The fraction of sp³-hybridized carbons (Fsp3) is 0.308. The van der Waals surface area contributed by atoms with Crippen LogP contribution in [-0.2, 0) is 4.79 Å². The molecule has 0 bridgehead atoms. The highest BCUT2D eigenvalue weighted by atomic mass is 32.1. The van der Waals surface area contributed by atoms with E-state index in [9.17, 15) is 4.79 Å². The van der Waals surface area contributed by atoms with Crippen molar-refractivity contribution >= 4 is 27.3 Å². The first-order valence-electron chi connectivity index (χ1n) is 5.67. The number of nitrogens with two attached hydrogens (primary N) is 1. The van der Waals surface area contributed by atoms with Gasteiger partial charge in [0.1, 0.15) is 0 Å². The van der Waals surface area contributed by atoms with E-state index < -0.39 is 0 Å². The minimum Gasteiger partial charge on any atom is -0.370 e. The summed E-state index contributed by atoms with van der Waals surface area (Å²) in [5.41, 5.74) is 5.10. The summed E-state index contributed by atoms with van der Waals surface area (Å²) >= 11 is 1.79. The van der Waals surface area contributed by atoms with Crippen molar-refractivity contribution in [3.63, 3.8) is 0 Å². The lowest BCUT2D eigenvalue weighted by molar-refractivity contribution is -0.117. The molecule has 1 heterocycles. The number of rotatable bonds is 5. The first-order valence-corrected chi connectivity index (χ1v) is 6.48. The van der Waals surface area contributed by atoms with Gasteiger partial charge in [-0.15, -0.1) is 11.3 Å². The number of benzene rings is 1. The SMILES string of the molecule is CC(NCCC(N)=O)c1cc2ccccc2s1. The Bertz CT molecular complexity index is 488. The van der Waals surface area contributed by atoms with Gasteiger partial charge in [0.15, 0.2) is 0 Å². The number of carbonyl (C=O) groups excluding carboxylic acids is 1. The molecule has 1 unspecified atom stereocenters. The molecule has 1 aromatic heterocycles. The molecule has 3 N–H and O–H groups in total. The third kappa shape index (κ3) is 3.05. The maximum absolute atomic E-state index is 10.6. The fourth-order valence-electron chi connectivity index (χ4n) is 1.73.